The van der Waals surface area contributed by atoms with E-state index in [2.05, 4.69) is 4.98 Å². The smallest absolute Gasteiger partial charge is 0.165 e. The van der Waals surface area contributed by atoms with Gasteiger partial charge in [0.15, 0.2) is 5.78 Å². The average Bonchev–Trinajstić information content (AvgIpc) is 2.23. The van der Waals surface area contributed by atoms with Crippen LogP contribution in [0.25, 0.3) is 0 Å². The fourth-order valence-corrected chi connectivity index (χ4v) is 1.37. The first-order valence-electron chi connectivity index (χ1n) is 4.54. The maximum Gasteiger partial charge on any atom is 0.165 e. The summed E-state index contributed by atoms with van der Waals surface area (Å²) in [6, 6.07) is 5.60. The van der Waals surface area contributed by atoms with Gasteiger partial charge in [-0.25, -0.2) is 0 Å². The number of carbonyl (C=O) groups is 1. The van der Waals surface area contributed by atoms with Crippen LogP contribution < -0.4 is 0 Å². The summed E-state index contributed by atoms with van der Waals surface area (Å²) in [5, 5.41) is 0. The standard InChI is InChI=1S/C11H11NO2/c1-8-7-14-11(6-10(8)13)9-4-2-3-5-12-9/h2-5,7,11H,6H2,1H3. The summed E-state index contributed by atoms with van der Waals surface area (Å²) in [5.74, 6) is 0.131. The minimum atomic E-state index is -0.215. The predicted molar refractivity (Wildman–Crippen MR) is 51.4 cm³/mol. The van der Waals surface area contributed by atoms with Crippen molar-refractivity contribution in [3.63, 3.8) is 0 Å². The topological polar surface area (TPSA) is 39.2 Å². The van der Waals surface area contributed by atoms with E-state index < -0.39 is 0 Å². The first-order chi connectivity index (χ1) is 6.77. The van der Waals surface area contributed by atoms with Crippen molar-refractivity contribution >= 4 is 5.78 Å². The summed E-state index contributed by atoms with van der Waals surface area (Å²) < 4.78 is 5.40. The van der Waals surface area contributed by atoms with E-state index in [4.69, 9.17) is 4.74 Å². The Morgan fingerprint density at radius 1 is 1.50 bits per heavy atom. The van der Waals surface area contributed by atoms with Gasteiger partial charge in [0.25, 0.3) is 0 Å². The maximum atomic E-state index is 11.4. The van der Waals surface area contributed by atoms with Crippen molar-refractivity contribution in [2.45, 2.75) is 19.4 Å². The van der Waals surface area contributed by atoms with Crippen LogP contribution in [-0.2, 0) is 9.53 Å². The largest absolute Gasteiger partial charge is 0.491 e. The molecule has 0 fully saturated rings. The van der Waals surface area contributed by atoms with Gasteiger partial charge in [-0.05, 0) is 19.1 Å². The second-order valence-electron chi connectivity index (χ2n) is 3.31. The third kappa shape index (κ3) is 1.66. The number of allylic oxidation sites excluding steroid dienone is 1. The molecule has 0 aromatic carbocycles. The molecule has 1 unspecified atom stereocenters. The van der Waals surface area contributed by atoms with E-state index >= 15 is 0 Å². The summed E-state index contributed by atoms with van der Waals surface area (Å²) in [4.78, 5) is 15.6. The third-order valence-corrected chi connectivity index (χ3v) is 2.24. The van der Waals surface area contributed by atoms with Crippen molar-refractivity contribution in [2.24, 2.45) is 0 Å². The summed E-state index contributed by atoms with van der Waals surface area (Å²) in [5.41, 5.74) is 1.49. The Balaban J connectivity index is 2.20. The number of nitrogens with zero attached hydrogens (tertiary/aromatic N) is 1. The summed E-state index contributed by atoms with van der Waals surface area (Å²) >= 11 is 0. The molecule has 1 aromatic rings. The van der Waals surface area contributed by atoms with Crippen LogP contribution in [0.5, 0.6) is 0 Å². The van der Waals surface area contributed by atoms with E-state index in [1.54, 1.807) is 13.1 Å². The highest BCUT2D eigenvalue weighted by Gasteiger charge is 2.22. The van der Waals surface area contributed by atoms with Crippen molar-refractivity contribution in [1.29, 1.82) is 0 Å². The molecule has 3 heteroatoms. The Bertz CT molecular complexity index is 370. The van der Waals surface area contributed by atoms with Gasteiger partial charge in [0.1, 0.15) is 6.10 Å². The number of ether oxygens (including phenoxy) is 1. The Morgan fingerprint density at radius 2 is 2.36 bits per heavy atom. The van der Waals surface area contributed by atoms with Crippen molar-refractivity contribution < 1.29 is 9.53 Å². The van der Waals surface area contributed by atoms with Crippen LogP contribution in [0.3, 0.4) is 0 Å². The van der Waals surface area contributed by atoms with E-state index in [-0.39, 0.29) is 11.9 Å². The molecule has 0 saturated heterocycles. The quantitative estimate of drug-likeness (QED) is 0.678. The van der Waals surface area contributed by atoms with Gasteiger partial charge in [-0.3, -0.25) is 9.78 Å². The first-order valence-corrected chi connectivity index (χ1v) is 4.54. The molecule has 2 rings (SSSR count). The van der Waals surface area contributed by atoms with Crippen LogP contribution in [0.2, 0.25) is 0 Å². The molecule has 72 valence electrons. The second-order valence-corrected chi connectivity index (χ2v) is 3.31. The minimum Gasteiger partial charge on any atom is -0.491 e. The normalized spacial score (nSPS) is 21.4. The highest BCUT2D eigenvalue weighted by Crippen LogP contribution is 2.25. The number of aromatic nitrogens is 1. The summed E-state index contributed by atoms with van der Waals surface area (Å²) in [6.07, 6.45) is 3.39. The monoisotopic (exact) mass is 189 g/mol. The number of rotatable bonds is 1. The first kappa shape index (κ1) is 8.94. The van der Waals surface area contributed by atoms with Crippen LogP contribution >= 0.6 is 0 Å². The van der Waals surface area contributed by atoms with E-state index in [0.29, 0.717) is 12.0 Å². The molecule has 0 amide bonds. The third-order valence-electron chi connectivity index (χ3n) is 2.24. The zero-order valence-corrected chi connectivity index (χ0v) is 7.93. The molecule has 0 spiro atoms. The highest BCUT2D eigenvalue weighted by molar-refractivity contribution is 5.95. The van der Waals surface area contributed by atoms with Gasteiger partial charge in [-0.1, -0.05) is 6.07 Å². The van der Waals surface area contributed by atoms with Crippen molar-refractivity contribution in [3.8, 4) is 0 Å². The van der Waals surface area contributed by atoms with Gasteiger partial charge in [-0.2, -0.15) is 0 Å². The Morgan fingerprint density at radius 3 is 3.00 bits per heavy atom. The Labute approximate surface area is 82.4 Å². The lowest BCUT2D eigenvalue weighted by molar-refractivity contribution is -0.119. The molecule has 0 bridgehead atoms. The zero-order valence-electron chi connectivity index (χ0n) is 7.93. The molecule has 1 atom stereocenters. The molecule has 0 aliphatic carbocycles. The molecular formula is C11H11NO2. The lowest BCUT2D eigenvalue weighted by Gasteiger charge is -2.20. The number of hydrogen-bond acceptors (Lipinski definition) is 3. The van der Waals surface area contributed by atoms with Crippen LogP contribution in [0.1, 0.15) is 25.1 Å². The van der Waals surface area contributed by atoms with Crippen molar-refractivity contribution in [3.05, 3.63) is 41.9 Å². The van der Waals surface area contributed by atoms with Gasteiger partial charge < -0.3 is 4.74 Å². The van der Waals surface area contributed by atoms with Crippen molar-refractivity contribution in [1.82, 2.24) is 4.98 Å². The Kier molecular flexibility index (Phi) is 2.31. The Hall–Kier alpha value is -1.64. The van der Waals surface area contributed by atoms with Gasteiger partial charge in [0.05, 0.1) is 18.4 Å². The van der Waals surface area contributed by atoms with E-state index in [1.807, 2.05) is 18.2 Å². The number of Topliss-reactive ketones (excluding diaryl/α,β-unsaturated/α-hetero) is 1. The zero-order chi connectivity index (χ0) is 9.97. The van der Waals surface area contributed by atoms with E-state index in [9.17, 15) is 4.79 Å². The fourth-order valence-electron chi connectivity index (χ4n) is 1.37. The molecule has 0 saturated carbocycles. The highest BCUT2D eigenvalue weighted by atomic mass is 16.5. The average molecular weight is 189 g/mol. The summed E-state index contributed by atoms with van der Waals surface area (Å²) in [7, 11) is 0. The minimum absolute atomic E-state index is 0.131. The van der Waals surface area contributed by atoms with Crippen LogP contribution in [0.15, 0.2) is 36.2 Å². The van der Waals surface area contributed by atoms with Gasteiger partial charge in [0, 0.05) is 11.8 Å². The van der Waals surface area contributed by atoms with Crippen LogP contribution in [0.4, 0.5) is 0 Å². The van der Waals surface area contributed by atoms with Crippen LogP contribution in [0, 0.1) is 0 Å². The lowest BCUT2D eigenvalue weighted by Crippen LogP contribution is -2.15. The molecule has 0 radical (unpaired) electrons. The molecule has 2 heterocycles. The lowest BCUT2D eigenvalue weighted by atomic mass is 10.0. The van der Waals surface area contributed by atoms with E-state index in [0.717, 1.165) is 5.69 Å². The molecular weight excluding hydrogens is 178 g/mol. The number of hydrogen-bond donors (Lipinski definition) is 0. The predicted octanol–water partition coefficient (Wildman–Crippen LogP) is 2.02. The molecule has 1 aliphatic rings. The molecule has 0 N–H and O–H groups in total. The van der Waals surface area contributed by atoms with Crippen molar-refractivity contribution in [2.75, 3.05) is 0 Å². The number of ketones is 1. The number of pyridine rings is 1. The van der Waals surface area contributed by atoms with E-state index in [1.165, 1.54) is 6.26 Å². The fraction of sp³-hybridized carbons (Fsp3) is 0.273. The SMILES string of the molecule is CC1=COC(c2ccccn2)CC1=O. The van der Waals surface area contributed by atoms with Gasteiger partial charge in [0.2, 0.25) is 0 Å². The number of carbonyl (C=O) groups excluding carboxylic acids is 1. The van der Waals surface area contributed by atoms with Gasteiger partial charge >= 0.3 is 0 Å². The maximum absolute atomic E-state index is 11.4. The molecule has 14 heavy (non-hydrogen) atoms. The second kappa shape index (κ2) is 3.62. The van der Waals surface area contributed by atoms with Crippen LogP contribution in [-0.4, -0.2) is 10.8 Å². The molecule has 1 aromatic heterocycles. The molecule has 1 aliphatic heterocycles. The summed E-state index contributed by atoms with van der Waals surface area (Å²) in [6.45, 7) is 1.76. The molecule has 3 nitrogen and oxygen atoms in total. The van der Waals surface area contributed by atoms with Gasteiger partial charge in [-0.15, -0.1) is 0 Å².